The lowest BCUT2D eigenvalue weighted by molar-refractivity contribution is 0.103. The molecule has 0 amide bonds. The number of ether oxygens (including phenoxy) is 1. The first-order valence-electron chi connectivity index (χ1n) is 5.47. The van der Waals surface area contributed by atoms with Gasteiger partial charge in [0, 0.05) is 5.56 Å². The fraction of sp³-hybridized carbons (Fsp3) is 0.0714. The van der Waals surface area contributed by atoms with Crippen LogP contribution in [0.15, 0.2) is 30.3 Å². The number of benzene rings is 2. The van der Waals surface area contributed by atoms with Crippen LogP contribution in [0.1, 0.15) is 15.9 Å². The van der Waals surface area contributed by atoms with Gasteiger partial charge in [-0.2, -0.15) is 0 Å². The molecule has 0 fully saturated rings. The molecule has 20 heavy (non-hydrogen) atoms. The summed E-state index contributed by atoms with van der Waals surface area (Å²) in [5.74, 6) is -4.17. The van der Waals surface area contributed by atoms with Crippen molar-refractivity contribution in [2.45, 2.75) is 0 Å². The van der Waals surface area contributed by atoms with Gasteiger partial charge in [0.15, 0.2) is 11.6 Å². The molecular formula is C14H8ClF3O2. The second-order valence-corrected chi connectivity index (χ2v) is 4.30. The normalized spacial score (nSPS) is 10.4. The molecule has 0 N–H and O–H groups in total. The van der Waals surface area contributed by atoms with Gasteiger partial charge in [-0.3, -0.25) is 4.79 Å². The fourth-order valence-corrected chi connectivity index (χ4v) is 1.96. The molecule has 0 radical (unpaired) electrons. The topological polar surface area (TPSA) is 26.3 Å². The van der Waals surface area contributed by atoms with Gasteiger partial charge in [-0.1, -0.05) is 17.7 Å². The lowest BCUT2D eigenvalue weighted by Gasteiger charge is -2.10. The molecule has 0 aliphatic rings. The highest BCUT2D eigenvalue weighted by atomic mass is 35.5. The summed E-state index contributed by atoms with van der Waals surface area (Å²) in [6.07, 6.45) is 0. The molecule has 104 valence electrons. The summed E-state index contributed by atoms with van der Waals surface area (Å²) in [5.41, 5.74) is -0.725. The Bertz CT molecular complexity index is 686. The second kappa shape index (κ2) is 5.54. The molecule has 0 aliphatic carbocycles. The molecule has 2 aromatic rings. The fourth-order valence-electron chi connectivity index (χ4n) is 1.73. The molecule has 0 atom stereocenters. The lowest BCUT2D eigenvalue weighted by Crippen LogP contribution is -2.08. The summed E-state index contributed by atoms with van der Waals surface area (Å²) >= 11 is 5.70. The molecule has 0 aliphatic heterocycles. The molecule has 2 aromatic carbocycles. The summed E-state index contributed by atoms with van der Waals surface area (Å²) in [6.45, 7) is 0. The monoisotopic (exact) mass is 300 g/mol. The van der Waals surface area contributed by atoms with Crippen molar-refractivity contribution in [3.63, 3.8) is 0 Å². The summed E-state index contributed by atoms with van der Waals surface area (Å²) in [4.78, 5) is 12.2. The quantitative estimate of drug-likeness (QED) is 0.633. The predicted molar refractivity (Wildman–Crippen MR) is 67.8 cm³/mol. The van der Waals surface area contributed by atoms with Crippen LogP contribution in [0.3, 0.4) is 0 Å². The van der Waals surface area contributed by atoms with E-state index in [4.69, 9.17) is 16.3 Å². The van der Waals surface area contributed by atoms with E-state index in [0.29, 0.717) is 12.1 Å². The van der Waals surface area contributed by atoms with Crippen molar-refractivity contribution in [3.05, 3.63) is 63.9 Å². The van der Waals surface area contributed by atoms with Crippen LogP contribution in [-0.2, 0) is 0 Å². The van der Waals surface area contributed by atoms with E-state index in [0.717, 1.165) is 6.07 Å². The largest absolute Gasteiger partial charge is 0.496 e. The Hall–Kier alpha value is -2.01. The Labute approximate surface area is 117 Å². The minimum absolute atomic E-state index is 0.0178. The predicted octanol–water partition coefficient (Wildman–Crippen LogP) is 4.00. The highest BCUT2D eigenvalue weighted by molar-refractivity contribution is 6.35. The summed E-state index contributed by atoms with van der Waals surface area (Å²) in [5, 5.41) is -0.306. The van der Waals surface area contributed by atoms with Gasteiger partial charge < -0.3 is 4.74 Å². The number of ketones is 1. The number of rotatable bonds is 3. The molecule has 6 heteroatoms. The van der Waals surface area contributed by atoms with Crippen LogP contribution in [0.2, 0.25) is 5.02 Å². The van der Waals surface area contributed by atoms with Crippen molar-refractivity contribution in [1.29, 1.82) is 0 Å². The van der Waals surface area contributed by atoms with Crippen molar-refractivity contribution in [2.24, 2.45) is 0 Å². The van der Waals surface area contributed by atoms with Gasteiger partial charge in [-0.15, -0.1) is 0 Å². The number of carbonyl (C=O) groups is 1. The molecule has 2 rings (SSSR count). The van der Waals surface area contributed by atoms with Crippen LogP contribution < -0.4 is 4.74 Å². The standard InChI is InChI=1S/C14H8ClF3O2/c1-20-12-4-2-3-9(16)13(12)14(19)7-5-10(17)11(18)6-8(7)15/h2-6H,1H3. The van der Waals surface area contributed by atoms with E-state index < -0.39 is 23.2 Å². The number of hydrogen-bond donors (Lipinski definition) is 0. The van der Waals surface area contributed by atoms with Gasteiger partial charge in [0.2, 0.25) is 5.78 Å². The zero-order chi connectivity index (χ0) is 14.9. The van der Waals surface area contributed by atoms with Gasteiger partial charge in [0.05, 0.1) is 12.1 Å². The molecule has 0 saturated heterocycles. The number of hydrogen-bond acceptors (Lipinski definition) is 2. The average Bonchev–Trinajstić information content (AvgIpc) is 2.41. The third-order valence-electron chi connectivity index (χ3n) is 2.68. The Balaban J connectivity index is 2.61. The molecule has 0 saturated carbocycles. The van der Waals surface area contributed by atoms with Gasteiger partial charge in [-0.05, 0) is 24.3 Å². The van der Waals surface area contributed by atoms with Crippen molar-refractivity contribution in [1.82, 2.24) is 0 Å². The smallest absolute Gasteiger partial charge is 0.201 e. The van der Waals surface area contributed by atoms with E-state index >= 15 is 0 Å². The SMILES string of the molecule is COc1cccc(F)c1C(=O)c1cc(F)c(F)cc1Cl. The van der Waals surface area contributed by atoms with Crippen molar-refractivity contribution >= 4 is 17.4 Å². The maximum absolute atomic E-state index is 13.8. The van der Waals surface area contributed by atoms with Crippen molar-refractivity contribution in [3.8, 4) is 5.75 Å². The van der Waals surface area contributed by atoms with E-state index in [1.807, 2.05) is 0 Å². The highest BCUT2D eigenvalue weighted by Crippen LogP contribution is 2.28. The third kappa shape index (κ3) is 2.49. The van der Waals surface area contributed by atoms with Crippen molar-refractivity contribution < 1.29 is 22.7 Å². The molecule has 0 heterocycles. The van der Waals surface area contributed by atoms with Crippen LogP contribution in [0.5, 0.6) is 5.75 Å². The van der Waals surface area contributed by atoms with Crippen LogP contribution in [0, 0.1) is 17.5 Å². The summed E-state index contributed by atoms with van der Waals surface area (Å²) < 4.78 is 44.9. The van der Waals surface area contributed by atoms with E-state index in [2.05, 4.69) is 0 Å². The van der Waals surface area contributed by atoms with Crippen LogP contribution in [0.4, 0.5) is 13.2 Å². The number of carbonyl (C=O) groups excluding carboxylic acids is 1. The zero-order valence-corrected chi connectivity index (χ0v) is 11.0. The zero-order valence-electron chi connectivity index (χ0n) is 10.2. The first kappa shape index (κ1) is 14.4. The molecule has 0 spiro atoms. The number of methoxy groups -OCH3 is 1. The Morgan fingerprint density at radius 3 is 2.40 bits per heavy atom. The van der Waals surface area contributed by atoms with Crippen LogP contribution >= 0.6 is 11.6 Å². The van der Waals surface area contributed by atoms with Gasteiger partial charge in [0.25, 0.3) is 0 Å². The molecule has 0 aromatic heterocycles. The van der Waals surface area contributed by atoms with E-state index in [9.17, 15) is 18.0 Å². The van der Waals surface area contributed by atoms with Crippen LogP contribution in [-0.4, -0.2) is 12.9 Å². The third-order valence-corrected chi connectivity index (χ3v) is 2.99. The first-order valence-corrected chi connectivity index (χ1v) is 5.85. The van der Waals surface area contributed by atoms with Gasteiger partial charge >= 0.3 is 0 Å². The Morgan fingerprint density at radius 2 is 1.75 bits per heavy atom. The number of halogens is 4. The minimum Gasteiger partial charge on any atom is -0.496 e. The molecule has 2 nitrogen and oxygen atoms in total. The first-order chi connectivity index (χ1) is 9.45. The second-order valence-electron chi connectivity index (χ2n) is 3.89. The molecule has 0 unspecified atom stereocenters. The maximum atomic E-state index is 13.8. The van der Waals surface area contributed by atoms with E-state index in [1.165, 1.54) is 19.2 Å². The lowest BCUT2D eigenvalue weighted by atomic mass is 10.0. The molecular weight excluding hydrogens is 293 g/mol. The van der Waals surface area contributed by atoms with Crippen molar-refractivity contribution in [2.75, 3.05) is 7.11 Å². The molecule has 0 bridgehead atoms. The van der Waals surface area contributed by atoms with Gasteiger partial charge in [-0.25, -0.2) is 13.2 Å². The maximum Gasteiger partial charge on any atom is 0.201 e. The Morgan fingerprint density at radius 1 is 1.10 bits per heavy atom. The average molecular weight is 301 g/mol. The van der Waals surface area contributed by atoms with E-state index in [1.54, 1.807) is 0 Å². The summed E-state index contributed by atoms with van der Waals surface area (Å²) in [7, 11) is 1.26. The Kier molecular flexibility index (Phi) is 3.99. The minimum atomic E-state index is -1.24. The van der Waals surface area contributed by atoms with Gasteiger partial charge in [0.1, 0.15) is 17.1 Å². The van der Waals surface area contributed by atoms with Crippen LogP contribution in [0.25, 0.3) is 0 Å². The van der Waals surface area contributed by atoms with E-state index in [-0.39, 0.29) is 21.9 Å². The summed E-state index contributed by atoms with van der Waals surface area (Å²) in [6, 6.07) is 5.09. The highest BCUT2D eigenvalue weighted by Gasteiger charge is 2.23.